The van der Waals surface area contributed by atoms with Crippen molar-refractivity contribution in [2.24, 2.45) is 7.05 Å². The van der Waals surface area contributed by atoms with Crippen LogP contribution in [-0.4, -0.2) is 16.3 Å². The van der Waals surface area contributed by atoms with E-state index in [9.17, 15) is 0 Å². The van der Waals surface area contributed by atoms with Gasteiger partial charge in [0.1, 0.15) is 0 Å². The Labute approximate surface area is 113 Å². The van der Waals surface area contributed by atoms with Gasteiger partial charge in [0, 0.05) is 37.2 Å². The van der Waals surface area contributed by atoms with E-state index in [-0.39, 0.29) is 0 Å². The largest absolute Gasteiger partial charge is 0.344 e. The van der Waals surface area contributed by atoms with Crippen molar-refractivity contribution in [1.29, 1.82) is 0 Å². The van der Waals surface area contributed by atoms with Crippen LogP contribution in [0.3, 0.4) is 0 Å². The molecular weight excluding hydrogens is 234 g/mol. The molecule has 0 saturated heterocycles. The summed E-state index contributed by atoms with van der Waals surface area (Å²) in [6, 6.07) is 8.48. The van der Waals surface area contributed by atoms with Gasteiger partial charge in [0.25, 0.3) is 0 Å². The van der Waals surface area contributed by atoms with Gasteiger partial charge in [-0.3, -0.25) is 4.68 Å². The fraction of sp³-hybridized carbons (Fsp3) is 0.188. The number of hydrogen-bond acceptors (Lipinski definition) is 2. The van der Waals surface area contributed by atoms with Crippen molar-refractivity contribution in [3.63, 3.8) is 0 Å². The fourth-order valence-corrected chi connectivity index (χ4v) is 2.50. The lowest BCUT2D eigenvalue weighted by Gasteiger charge is -2.24. The van der Waals surface area contributed by atoms with E-state index in [2.05, 4.69) is 65.6 Å². The van der Waals surface area contributed by atoms with Crippen molar-refractivity contribution in [3.8, 4) is 11.3 Å². The summed E-state index contributed by atoms with van der Waals surface area (Å²) in [6.07, 6.45) is 10.3. The van der Waals surface area contributed by atoms with Crippen LogP contribution in [0.5, 0.6) is 0 Å². The molecule has 1 aliphatic rings. The number of hydrogen-bond donors (Lipinski definition) is 0. The normalized spacial score (nSPS) is 14.1. The van der Waals surface area contributed by atoms with Gasteiger partial charge in [-0.05, 0) is 30.7 Å². The number of anilines is 1. The van der Waals surface area contributed by atoms with Crippen LogP contribution in [0.25, 0.3) is 11.3 Å². The minimum atomic E-state index is 0.923. The Morgan fingerprint density at radius 3 is 2.74 bits per heavy atom. The molecule has 3 heteroatoms. The average molecular weight is 251 g/mol. The minimum Gasteiger partial charge on any atom is -0.344 e. The monoisotopic (exact) mass is 251 g/mol. The van der Waals surface area contributed by atoms with Crippen LogP contribution in [0.1, 0.15) is 5.56 Å². The molecule has 0 radical (unpaired) electrons. The molecule has 0 amide bonds. The summed E-state index contributed by atoms with van der Waals surface area (Å²) in [6.45, 7) is 3.09. The van der Waals surface area contributed by atoms with E-state index in [1.54, 1.807) is 0 Å². The van der Waals surface area contributed by atoms with Crippen LogP contribution >= 0.6 is 0 Å². The predicted molar refractivity (Wildman–Crippen MR) is 79.0 cm³/mol. The summed E-state index contributed by atoms with van der Waals surface area (Å²) >= 11 is 0. The molecule has 1 aliphatic heterocycles. The maximum absolute atomic E-state index is 4.25. The maximum Gasteiger partial charge on any atom is 0.0682 e. The molecule has 0 saturated carbocycles. The number of aromatic nitrogens is 2. The highest BCUT2D eigenvalue weighted by molar-refractivity contribution is 5.73. The predicted octanol–water partition coefficient (Wildman–Crippen LogP) is 3.29. The van der Waals surface area contributed by atoms with Crippen LogP contribution in [-0.2, 0) is 7.05 Å². The quantitative estimate of drug-likeness (QED) is 0.816. The summed E-state index contributed by atoms with van der Waals surface area (Å²) in [5, 5.41) is 4.25. The van der Waals surface area contributed by atoms with Gasteiger partial charge in [-0.25, -0.2) is 0 Å². The lowest BCUT2D eigenvalue weighted by atomic mass is 10.0. The Morgan fingerprint density at radius 1 is 1.16 bits per heavy atom. The number of allylic oxidation sites excluding steroid dienone is 2. The molecule has 0 spiro atoms. The van der Waals surface area contributed by atoms with Crippen LogP contribution in [0.15, 0.2) is 54.9 Å². The van der Waals surface area contributed by atoms with E-state index in [1.807, 2.05) is 17.9 Å². The Kier molecular flexibility index (Phi) is 2.95. The SMILES string of the molecule is Cc1c(-c2ccnn2C)cccc1N1C=CC=CC1. The fourth-order valence-electron chi connectivity index (χ4n) is 2.50. The zero-order chi connectivity index (χ0) is 13.2. The Morgan fingerprint density at radius 2 is 2.05 bits per heavy atom. The van der Waals surface area contributed by atoms with Gasteiger partial charge in [0.05, 0.1) is 5.69 Å². The molecule has 0 bridgehead atoms. The van der Waals surface area contributed by atoms with E-state index in [4.69, 9.17) is 0 Å². The first-order valence-electron chi connectivity index (χ1n) is 6.45. The summed E-state index contributed by atoms with van der Waals surface area (Å²) < 4.78 is 1.91. The van der Waals surface area contributed by atoms with Gasteiger partial charge in [-0.2, -0.15) is 5.10 Å². The van der Waals surface area contributed by atoms with E-state index in [1.165, 1.54) is 16.8 Å². The summed E-state index contributed by atoms with van der Waals surface area (Å²) in [7, 11) is 1.98. The molecule has 0 unspecified atom stereocenters. The van der Waals surface area contributed by atoms with Gasteiger partial charge < -0.3 is 4.90 Å². The summed E-state index contributed by atoms with van der Waals surface area (Å²) in [5.74, 6) is 0. The van der Waals surface area contributed by atoms with E-state index in [0.717, 1.165) is 12.2 Å². The number of benzene rings is 1. The zero-order valence-electron chi connectivity index (χ0n) is 11.2. The molecule has 2 aromatic rings. The molecule has 3 rings (SSSR count). The van der Waals surface area contributed by atoms with Crippen molar-refractivity contribution < 1.29 is 0 Å². The molecule has 0 aliphatic carbocycles. The van der Waals surface area contributed by atoms with Crippen LogP contribution in [0.4, 0.5) is 5.69 Å². The Balaban J connectivity index is 2.07. The van der Waals surface area contributed by atoms with Crippen LogP contribution in [0.2, 0.25) is 0 Å². The van der Waals surface area contributed by atoms with Crippen LogP contribution in [0, 0.1) is 6.92 Å². The molecule has 1 aromatic heterocycles. The Hall–Kier alpha value is -2.29. The summed E-state index contributed by atoms with van der Waals surface area (Å²) in [4.78, 5) is 2.26. The molecule has 3 nitrogen and oxygen atoms in total. The van der Waals surface area contributed by atoms with Crippen molar-refractivity contribution in [2.75, 3.05) is 11.4 Å². The van der Waals surface area contributed by atoms with Crippen molar-refractivity contribution in [3.05, 3.63) is 60.5 Å². The highest BCUT2D eigenvalue weighted by Crippen LogP contribution is 2.30. The third kappa shape index (κ3) is 2.08. The lowest BCUT2D eigenvalue weighted by molar-refractivity contribution is 0.775. The van der Waals surface area contributed by atoms with Gasteiger partial charge >= 0.3 is 0 Å². The first kappa shape index (κ1) is 11.8. The molecule has 19 heavy (non-hydrogen) atoms. The maximum atomic E-state index is 4.25. The van der Waals surface area contributed by atoms with Crippen LogP contribution < -0.4 is 4.90 Å². The lowest BCUT2D eigenvalue weighted by Crippen LogP contribution is -2.18. The smallest absolute Gasteiger partial charge is 0.0682 e. The van der Waals surface area contributed by atoms with Gasteiger partial charge in [-0.1, -0.05) is 24.3 Å². The second-order valence-electron chi connectivity index (χ2n) is 4.71. The molecule has 0 N–H and O–H groups in total. The van der Waals surface area contributed by atoms with Crippen molar-refractivity contribution >= 4 is 5.69 Å². The first-order chi connectivity index (χ1) is 9.27. The standard InChI is InChI=1S/C16H17N3/c1-13-14(16-9-10-17-18(16)2)7-6-8-15(13)19-11-4-3-5-12-19/h3-11H,12H2,1-2H3. The van der Waals surface area contributed by atoms with E-state index in [0.29, 0.717) is 0 Å². The second-order valence-corrected chi connectivity index (χ2v) is 4.71. The molecule has 0 atom stereocenters. The highest BCUT2D eigenvalue weighted by Gasteiger charge is 2.12. The third-order valence-corrected chi connectivity index (χ3v) is 3.53. The van der Waals surface area contributed by atoms with E-state index < -0.39 is 0 Å². The van der Waals surface area contributed by atoms with E-state index >= 15 is 0 Å². The number of aryl methyl sites for hydroxylation is 1. The first-order valence-corrected chi connectivity index (χ1v) is 6.45. The molecule has 96 valence electrons. The topological polar surface area (TPSA) is 21.1 Å². The molecule has 0 fully saturated rings. The Bertz CT molecular complexity index is 650. The van der Waals surface area contributed by atoms with Gasteiger partial charge in [0.2, 0.25) is 0 Å². The van der Waals surface area contributed by atoms with Gasteiger partial charge in [-0.15, -0.1) is 0 Å². The average Bonchev–Trinajstić information content (AvgIpc) is 2.86. The molecular formula is C16H17N3. The summed E-state index contributed by atoms with van der Waals surface area (Å²) in [5.41, 5.74) is 4.92. The zero-order valence-corrected chi connectivity index (χ0v) is 11.2. The van der Waals surface area contributed by atoms with Gasteiger partial charge in [0.15, 0.2) is 0 Å². The third-order valence-electron chi connectivity index (χ3n) is 3.53. The minimum absolute atomic E-state index is 0.923. The number of nitrogens with zero attached hydrogens (tertiary/aromatic N) is 3. The molecule has 2 heterocycles. The molecule has 1 aromatic carbocycles. The second kappa shape index (κ2) is 4.76. The highest BCUT2D eigenvalue weighted by atomic mass is 15.3. The number of rotatable bonds is 2. The van der Waals surface area contributed by atoms with Crippen molar-refractivity contribution in [1.82, 2.24) is 9.78 Å². The van der Waals surface area contributed by atoms with Crippen molar-refractivity contribution in [2.45, 2.75) is 6.92 Å².